The second kappa shape index (κ2) is 9.11. The van der Waals surface area contributed by atoms with Crippen molar-refractivity contribution < 1.29 is 14.3 Å². The average Bonchev–Trinajstić information content (AvgIpc) is 3.31. The molecule has 1 atom stereocenters. The maximum atomic E-state index is 12.4. The van der Waals surface area contributed by atoms with Gasteiger partial charge in [-0.15, -0.1) is 0 Å². The number of rotatable bonds is 7. The number of nitrogens with zero attached hydrogens (tertiary/aromatic N) is 2. The third-order valence-corrected chi connectivity index (χ3v) is 5.71. The van der Waals surface area contributed by atoms with Gasteiger partial charge in [0.1, 0.15) is 5.75 Å². The number of nitrogens with one attached hydrogen (secondary N) is 1. The third-order valence-electron chi connectivity index (χ3n) is 5.71. The summed E-state index contributed by atoms with van der Waals surface area (Å²) in [5.41, 5.74) is 1.13. The lowest BCUT2D eigenvalue weighted by atomic mass is 10.1. The number of hydrogen-bond donors (Lipinski definition) is 1. The molecule has 1 heterocycles. The Morgan fingerprint density at radius 1 is 1.33 bits per heavy atom. The van der Waals surface area contributed by atoms with Crippen molar-refractivity contribution in [3.05, 3.63) is 29.8 Å². The summed E-state index contributed by atoms with van der Waals surface area (Å²) in [7, 11) is 3.46. The number of carbonyl (C=O) groups is 2. The fourth-order valence-electron chi connectivity index (χ4n) is 4.25. The second-order valence-corrected chi connectivity index (χ2v) is 7.77. The number of urea groups is 1. The molecule has 1 saturated carbocycles. The van der Waals surface area contributed by atoms with Crippen LogP contribution in [0.2, 0.25) is 0 Å². The number of likely N-dealkylation sites (tertiary alicyclic amines) is 1. The molecule has 0 radical (unpaired) electrons. The van der Waals surface area contributed by atoms with Gasteiger partial charge in [0.15, 0.2) is 0 Å². The molecule has 1 N–H and O–H groups in total. The number of benzene rings is 1. The van der Waals surface area contributed by atoms with Gasteiger partial charge in [0, 0.05) is 45.1 Å². The zero-order valence-electron chi connectivity index (χ0n) is 16.4. The van der Waals surface area contributed by atoms with E-state index in [2.05, 4.69) is 10.2 Å². The van der Waals surface area contributed by atoms with E-state index in [9.17, 15) is 9.59 Å². The molecule has 6 nitrogen and oxygen atoms in total. The molecule has 2 fully saturated rings. The van der Waals surface area contributed by atoms with E-state index in [1.165, 1.54) is 12.8 Å². The van der Waals surface area contributed by atoms with Crippen LogP contribution in [0, 0.1) is 5.92 Å². The minimum atomic E-state index is -0.0790. The Balaban J connectivity index is 1.40. The molecular weight excluding hydrogens is 342 g/mol. The van der Waals surface area contributed by atoms with Crippen LogP contribution in [0.5, 0.6) is 5.75 Å². The first-order chi connectivity index (χ1) is 13.1. The summed E-state index contributed by atoms with van der Waals surface area (Å²) in [5, 5.41) is 2.97. The van der Waals surface area contributed by atoms with E-state index in [0.717, 1.165) is 37.1 Å². The molecule has 1 aliphatic heterocycles. The summed E-state index contributed by atoms with van der Waals surface area (Å²) < 4.78 is 5.22. The second-order valence-electron chi connectivity index (χ2n) is 7.77. The Bertz CT molecular complexity index is 658. The predicted molar refractivity (Wildman–Crippen MR) is 105 cm³/mol. The minimum absolute atomic E-state index is 0.0790. The van der Waals surface area contributed by atoms with Gasteiger partial charge in [-0.3, -0.25) is 4.79 Å². The predicted octanol–water partition coefficient (Wildman–Crippen LogP) is 2.67. The van der Waals surface area contributed by atoms with Crippen LogP contribution in [-0.4, -0.2) is 61.6 Å². The lowest BCUT2D eigenvalue weighted by Crippen LogP contribution is -2.41. The molecule has 6 heteroatoms. The molecule has 27 heavy (non-hydrogen) atoms. The molecule has 1 saturated heterocycles. The quantitative estimate of drug-likeness (QED) is 0.799. The number of carbonyl (C=O) groups excluding carboxylic acids is 2. The lowest BCUT2D eigenvalue weighted by Gasteiger charge is -2.25. The molecule has 0 spiro atoms. The number of methoxy groups -OCH3 is 1. The van der Waals surface area contributed by atoms with Crippen LogP contribution in [0.15, 0.2) is 24.3 Å². The van der Waals surface area contributed by atoms with E-state index in [1.807, 2.05) is 31.3 Å². The monoisotopic (exact) mass is 373 g/mol. The van der Waals surface area contributed by atoms with Gasteiger partial charge < -0.3 is 19.9 Å². The van der Waals surface area contributed by atoms with Gasteiger partial charge in [-0.05, 0) is 37.0 Å². The maximum absolute atomic E-state index is 12.4. The van der Waals surface area contributed by atoms with Gasteiger partial charge in [-0.1, -0.05) is 25.0 Å². The zero-order valence-corrected chi connectivity index (χ0v) is 16.4. The summed E-state index contributed by atoms with van der Waals surface area (Å²) in [6.45, 7) is 2.00. The first-order valence-electron chi connectivity index (χ1n) is 9.98. The summed E-state index contributed by atoms with van der Waals surface area (Å²) in [6, 6.07) is 8.23. The molecule has 0 bridgehead atoms. The van der Waals surface area contributed by atoms with Crippen LogP contribution in [0.1, 0.15) is 37.7 Å². The van der Waals surface area contributed by atoms with Crippen molar-refractivity contribution in [2.45, 2.75) is 44.6 Å². The highest BCUT2D eigenvalue weighted by Gasteiger charge is 2.36. The van der Waals surface area contributed by atoms with Crippen molar-refractivity contribution in [2.24, 2.45) is 5.92 Å². The molecule has 1 aromatic rings. The summed E-state index contributed by atoms with van der Waals surface area (Å²) in [5.74, 6) is 1.33. The molecular formula is C21H31N3O3. The average molecular weight is 373 g/mol. The number of hydrogen-bond acceptors (Lipinski definition) is 3. The van der Waals surface area contributed by atoms with Crippen LogP contribution in [0.25, 0.3) is 0 Å². The Morgan fingerprint density at radius 3 is 2.85 bits per heavy atom. The topological polar surface area (TPSA) is 61.9 Å². The van der Waals surface area contributed by atoms with Crippen LogP contribution in [-0.2, 0) is 11.2 Å². The van der Waals surface area contributed by atoms with Crippen LogP contribution in [0.3, 0.4) is 0 Å². The van der Waals surface area contributed by atoms with Crippen molar-refractivity contribution in [3.8, 4) is 5.75 Å². The van der Waals surface area contributed by atoms with Crippen molar-refractivity contribution in [2.75, 3.05) is 33.8 Å². The Hall–Kier alpha value is -2.24. The molecule has 1 aromatic carbocycles. The van der Waals surface area contributed by atoms with Crippen molar-refractivity contribution >= 4 is 11.9 Å². The normalized spacial score (nSPS) is 20.1. The minimum Gasteiger partial charge on any atom is -0.497 e. The van der Waals surface area contributed by atoms with E-state index in [1.54, 1.807) is 12.0 Å². The Morgan fingerprint density at radius 2 is 2.11 bits per heavy atom. The fraction of sp³-hybridized carbons (Fsp3) is 0.619. The van der Waals surface area contributed by atoms with Gasteiger partial charge in [0.05, 0.1) is 7.11 Å². The highest BCUT2D eigenvalue weighted by molar-refractivity contribution is 5.79. The first-order valence-corrected chi connectivity index (χ1v) is 9.98. The summed E-state index contributed by atoms with van der Waals surface area (Å²) >= 11 is 0. The highest BCUT2D eigenvalue weighted by atomic mass is 16.5. The van der Waals surface area contributed by atoms with Gasteiger partial charge >= 0.3 is 6.03 Å². The van der Waals surface area contributed by atoms with Gasteiger partial charge in [0.25, 0.3) is 0 Å². The molecule has 1 unspecified atom stereocenters. The van der Waals surface area contributed by atoms with Gasteiger partial charge in [-0.25, -0.2) is 4.79 Å². The Kier molecular flexibility index (Phi) is 6.58. The third kappa shape index (κ3) is 5.15. The molecule has 3 rings (SSSR count). The molecule has 148 valence electrons. The van der Waals surface area contributed by atoms with Gasteiger partial charge in [0.2, 0.25) is 5.91 Å². The standard InChI is InChI=1S/C21H31N3O3/c1-23(14-17-13-20(25)24(15-17)18-7-3-4-8-18)21(26)22-11-10-16-6-5-9-19(12-16)27-2/h5-6,9,12,17-18H,3-4,7-8,10-11,13-15H2,1-2H3,(H,22,26). The van der Waals surface area contributed by atoms with E-state index in [-0.39, 0.29) is 17.9 Å². The largest absolute Gasteiger partial charge is 0.497 e. The van der Waals surface area contributed by atoms with E-state index < -0.39 is 0 Å². The van der Waals surface area contributed by atoms with E-state index >= 15 is 0 Å². The molecule has 2 aliphatic rings. The maximum Gasteiger partial charge on any atom is 0.317 e. The van der Waals surface area contributed by atoms with Crippen LogP contribution >= 0.6 is 0 Å². The number of ether oxygens (including phenoxy) is 1. The van der Waals surface area contributed by atoms with Crippen molar-refractivity contribution in [3.63, 3.8) is 0 Å². The molecule has 0 aromatic heterocycles. The lowest BCUT2D eigenvalue weighted by molar-refractivity contribution is -0.129. The zero-order chi connectivity index (χ0) is 19.2. The Labute approximate surface area is 161 Å². The smallest absolute Gasteiger partial charge is 0.317 e. The van der Waals surface area contributed by atoms with Crippen molar-refractivity contribution in [1.29, 1.82) is 0 Å². The molecule has 1 aliphatic carbocycles. The van der Waals surface area contributed by atoms with E-state index in [4.69, 9.17) is 4.74 Å². The first kappa shape index (κ1) is 19.5. The highest BCUT2D eigenvalue weighted by Crippen LogP contribution is 2.29. The molecule has 3 amide bonds. The number of amides is 3. The van der Waals surface area contributed by atoms with Gasteiger partial charge in [-0.2, -0.15) is 0 Å². The van der Waals surface area contributed by atoms with Crippen LogP contribution in [0.4, 0.5) is 4.79 Å². The SMILES string of the molecule is COc1cccc(CCNC(=O)N(C)CC2CC(=O)N(C3CCCC3)C2)c1. The fourth-order valence-corrected chi connectivity index (χ4v) is 4.25. The summed E-state index contributed by atoms with van der Waals surface area (Å²) in [4.78, 5) is 28.4. The van der Waals surface area contributed by atoms with Crippen molar-refractivity contribution in [1.82, 2.24) is 15.1 Å². The summed E-state index contributed by atoms with van der Waals surface area (Å²) in [6.07, 6.45) is 6.06. The van der Waals surface area contributed by atoms with Crippen LogP contribution < -0.4 is 10.1 Å². The van der Waals surface area contributed by atoms with E-state index in [0.29, 0.717) is 25.6 Å².